The summed E-state index contributed by atoms with van der Waals surface area (Å²) in [6.45, 7) is 0.477. The number of carboxylic acid groups (broad SMARTS) is 1. The van der Waals surface area contributed by atoms with Crippen molar-refractivity contribution in [3.8, 4) is 0 Å². The molecule has 0 saturated carbocycles. The van der Waals surface area contributed by atoms with Crippen LogP contribution in [0.25, 0.3) is 10.9 Å². The molecule has 7 heteroatoms. The predicted molar refractivity (Wildman–Crippen MR) is 94.1 cm³/mol. The number of nitrogens with zero attached hydrogens (tertiary/aromatic N) is 1. The first-order valence-electron chi connectivity index (χ1n) is 7.27. The number of carbonyl (C=O) groups is 2. The molecule has 1 amide bonds. The van der Waals surface area contributed by atoms with E-state index in [1.807, 2.05) is 41.3 Å². The fourth-order valence-electron chi connectivity index (χ4n) is 2.36. The minimum atomic E-state index is -0.995. The second-order valence-corrected chi connectivity index (χ2v) is 6.56. The lowest BCUT2D eigenvalue weighted by atomic mass is 10.2. The van der Waals surface area contributed by atoms with Crippen molar-refractivity contribution in [1.29, 1.82) is 0 Å². The van der Waals surface area contributed by atoms with Gasteiger partial charge in [0.1, 0.15) is 6.04 Å². The topological polar surface area (TPSA) is 71.3 Å². The first-order chi connectivity index (χ1) is 11.0. The van der Waals surface area contributed by atoms with Gasteiger partial charge >= 0.3 is 5.97 Å². The van der Waals surface area contributed by atoms with Crippen molar-refractivity contribution >= 4 is 46.1 Å². The van der Waals surface area contributed by atoms with Crippen LogP contribution in [-0.4, -0.2) is 39.6 Å². The summed E-state index contributed by atoms with van der Waals surface area (Å²) in [5.74, 6) is -0.564. The Hall–Kier alpha value is -1.66. The number of halogens is 1. The number of nitrogens with one attached hydrogen (secondary N) is 1. The molecular weight excluding hydrogens is 336 g/mol. The number of aliphatic carboxylic acids is 1. The smallest absolute Gasteiger partial charge is 0.326 e. The normalized spacial score (nSPS) is 12.3. The maximum Gasteiger partial charge on any atom is 0.326 e. The van der Waals surface area contributed by atoms with Gasteiger partial charge in [-0.25, -0.2) is 4.79 Å². The highest BCUT2D eigenvalue weighted by atomic mass is 35.5. The van der Waals surface area contributed by atoms with Crippen LogP contribution >= 0.6 is 23.4 Å². The first-order valence-corrected chi connectivity index (χ1v) is 9.04. The highest BCUT2D eigenvalue weighted by Crippen LogP contribution is 2.24. The number of aryl methyl sites for hydroxylation is 1. The predicted octanol–water partition coefficient (Wildman–Crippen LogP) is 3.01. The van der Waals surface area contributed by atoms with Crippen LogP contribution in [0.4, 0.5) is 0 Å². The molecule has 23 heavy (non-hydrogen) atoms. The molecule has 2 aromatic rings. The summed E-state index contributed by atoms with van der Waals surface area (Å²) in [7, 11) is 0. The number of rotatable bonds is 8. The maximum atomic E-state index is 12.0. The number of hydrogen-bond acceptors (Lipinski definition) is 3. The summed E-state index contributed by atoms with van der Waals surface area (Å²) in [6, 6.07) is 6.71. The summed E-state index contributed by atoms with van der Waals surface area (Å²) in [6.07, 6.45) is 4.43. The number of carboxylic acids is 1. The summed E-state index contributed by atoms with van der Waals surface area (Å²) in [4.78, 5) is 23.1. The lowest BCUT2D eigenvalue weighted by Crippen LogP contribution is -2.41. The zero-order valence-corrected chi connectivity index (χ0v) is 14.4. The van der Waals surface area contributed by atoms with E-state index in [1.165, 1.54) is 0 Å². The minimum absolute atomic E-state index is 0.222. The van der Waals surface area contributed by atoms with Crippen LogP contribution in [-0.2, 0) is 16.1 Å². The highest BCUT2D eigenvalue weighted by Gasteiger charge is 2.19. The fourth-order valence-corrected chi connectivity index (χ4v) is 3.07. The molecule has 0 aliphatic carbocycles. The van der Waals surface area contributed by atoms with Crippen LogP contribution in [0.5, 0.6) is 0 Å². The first kappa shape index (κ1) is 17.7. The molecule has 0 fully saturated rings. The Kier molecular flexibility index (Phi) is 6.36. The molecule has 124 valence electrons. The third-order valence-corrected chi connectivity index (χ3v) is 4.56. The third-order valence-electron chi connectivity index (χ3n) is 3.58. The Morgan fingerprint density at radius 2 is 2.17 bits per heavy atom. The van der Waals surface area contributed by atoms with Gasteiger partial charge in [0.2, 0.25) is 5.91 Å². The van der Waals surface area contributed by atoms with Crippen molar-refractivity contribution in [2.24, 2.45) is 0 Å². The summed E-state index contributed by atoms with van der Waals surface area (Å²) in [5.41, 5.74) is 0.961. The highest BCUT2D eigenvalue weighted by molar-refractivity contribution is 7.98. The Morgan fingerprint density at radius 1 is 1.39 bits per heavy atom. The van der Waals surface area contributed by atoms with Gasteiger partial charge in [0.05, 0.1) is 0 Å². The summed E-state index contributed by atoms with van der Waals surface area (Å²) >= 11 is 7.68. The van der Waals surface area contributed by atoms with Gasteiger partial charge in [0.15, 0.2) is 0 Å². The molecule has 0 bridgehead atoms. The van der Waals surface area contributed by atoms with Crippen LogP contribution in [0.3, 0.4) is 0 Å². The number of benzene rings is 1. The van der Waals surface area contributed by atoms with E-state index in [4.69, 9.17) is 16.7 Å². The van der Waals surface area contributed by atoms with Gasteiger partial charge in [-0.05, 0) is 36.6 Å². The van der Waals surface area contributed by atoms with Gasteiger partial charge in [-0.15, -0.1) is 0 Å². The van der Waals surface area contributed by atoms with Gasteiger partial charge < -0.3 is 15.0 Å². The quantitative estimate of drug-likeness (QED) is 0.764. The molecule has 0 unspecified atom stereocenters. The van der Waals surface area contributed by atoms with E-state index in [1.54, 1.807) is 11.8 Å². The number of carbonyl (C=O) groups excluding carboxylic acids is 1. The molecule has 2 rings (SSSR count). The lowest BCUT2D eigenvalue weighted by molar-refractivity contribution is -0.141. The molecule has 0 aliphatic rings. The van der Waals surface area contributed by atoms with Crippen LogP contribution < -0.4 is 5.32 Å². The zero-order chi connectivity index (χ0) is 16.8. The van der Waals surface area contributed by atoms with E-state index in [9.17, 15) is 9.59 Å². The van der Waals surface area contributed by atoms with Crippen LogP contribution in [0, 0.1) is 0 Å². The SMILES string of the molecule is CSCC[C@@H](NC(=O)CCn1ccc2c(Cl)cccc21)C(=O)O. The summed E-state index contributed by atoms with van der Waals surface area (Å²) in [5, 5.41) is 13.3. The Labute approximate surface area is 144 Å². The van der Waals surface area contributed by atoms with Crippen molar-refractivity contribution in [1.82, 2.24) is 9.88 Å². The minimum Gasteiger partial charge on any atom is -0.480 e. The van der Waals surface area contributed by atoms with Gasteiger partial charge in [-0.2, -0.15) is 11.8 Å². The van der Waals surface area contributed by atoms with Crippen LogP contribution in [0.2, 0.25) is 5.02 Å². The fraction of sp³-hybridized carbons (Fsp3) is 0.375. The summed E-state index contributed by atoms with van der Waals surface area (Å²) < 4.78 is 1.94. The molecule has 0 spiro atoms. The van der Waals surface area contributed by atoms with Crippen molar-refractivity contribution in [3.63, 3.8) is 0 Å². The van der Waals surface area contributed by atoms with E-state index in [0.29, 0.717) is 23.7 Å². The van der Waals surface area contributed by atoms with Gasteiger partial charge in [0.25, 0.3) is 0 Å². The number of aromatic nitrogens is 1. The van der Waals surface area contributed by atoms with E-state index in [2.05, 4.69) is 5.32 Å². The zero-order valence-electron chi connectivity index (χ0n) is 12.8. The average Bonchev–Trinajstić information content (AvgIpc) is 2.93. The van der Waals surface area contributed by atoms with Crippen molar-refractivity contribution < 1.29 is 14.7 Å². The standard InChI is InChI=1S/C16H19ClN2O3S/c1-23-10-7-13(16(21)22)18-15(20)6-9-19-8-5-11-12(17)3-2-4-14(11)19/h2-5,8,13H,6-7,9-10H2,1H3,(H,18,20)(H,21,22)/t13-/m1/s1. The number of hydrogen-bond donors (Lipinski definition) is 2. The van der Waals surface area contributed by atoms with Crippen LogP contribution in [0.1, 0.15) is 12.8 Å². The number of fused-ring (bicyclic) bond motifs is 1. The average molecular weight is 355 g/mol. The van der Waals surface area contributed by atoms with Crippen LogP contribution in [0.15, 0.2) is 30.5 Å². The molecule has 1 heterocycles. The van der Waals surface area contributed by atoms with Gasteiger partial charge in [0, 0.05) is 35.1 Å². The molecule has 0 aliphatic heterocycles. The van der Waals surface area contributed by atoms with Gasteiger partial charge in [-0.3, -0.25) is 4.79 Å². The molecular formula is C16H19ClN2O3S. The third kappa shape index (κ3) is 4.65. The number of thioether (sulfide) groups is 1. The molecule has 1 aromatic heterocycles. The van der Waals surface area contributed by atoms with E-state index in [-0.39, 0.29) is 12.3 Å². The lowest BCUT2D eigenvalue weighted by Gasteiger charge is -2.14. The largest absolute Gasteiger partial charge is 0.480 e. The molecule has 5 nitrogen and oxygen atoms in total. The van der Waals surface area contributed by atoms with E-state index >= 15 is 0 Å². The molecule has 0 radical (unpaired) electrons. The van der Waals surface area contributed by atoms with Crippen molar-refractivity contribution in [2.45, 2.75) is 25.4 Å². The Balaban J connectivity index is 1.95. The van der Waals surface area contributed by atoms with Crippen molar-refractivity contribution in [2.75, 3.05) is 12.0 Å². The van der Waals surface area contributed by atoms with E-state index in [0.717, 1.165) is 10.9 Å². The molecule has 0 saturated heterocycles. The van der Waals surface area contributed by atoms with Crippen molar-refractivity contribution in [3.05, 3.63) is 35.5 Å². The Morgan fingerprint density at radius 3 is 2.87 bits per heavy atom. The molecule has 2 N–H and O–H groups in total. The Bertz CT molecular complexity index is 702. The van der Waals surface area contributed by atoms with E-state index < -0.39 is 12.0 Å². The second kappa shape index (κ2) is 8.26. The van der Waals surface area contributed by atoms with Gasteiger partial charge in [-0.1, -0.05) is 17.7 Å². The number of amides is 1. The monoisotopic (exact) mass is 354 g/mol. The second-order valence-electron chi connectivity index (χ2n) is 5.17. The molecule has 1 aromatic carbocycles. The maximum absolute atomic E-state index is 12.0. The molecule has 1 atom stereocenters.